The Morgan fingerprint density at radius 3 is 2.59 bits per heavy atom. The Labute approximate surface area is 131 Å². The molecule has 1 aromatic heterocycles. The molecule has 0 aliphatic carbocycles. The van der Waals surface area contributed by atoms with Gasteiger partial charge < -0.3 is 20.3 Å². The zero-order valence-electron chi connectivity index (χ0n) is 13.3. The minimum atomic E-state index is 0.578. The maximum atomic E-state index is 5.02. The molecule has 2 N–H and O–H groups in total. The van der Waals surface area contributed by atoms with Gasteiger partial charge in [0.1, 0.15) is 5.82 Å². The number of hydrogen-bond acceptors (Lipinski definition) is 6. The lowest BCUT2D eigenvalue weighted by molar-refractivity contribution is 0.198. The molecule has 1 aromatic carbocycles. The summed E-state index contributed by atoms with van der Waals surface area (Å²) in [5.74, 6) is 1.38. The smallest absolute Gasteiger partial charge is 0.229 e. The highest BCUT2D eigenvalue weighted by atomic mass is 16.5. The lowest BCUT2D eigenvalue weighted by Gasteiger charge is -2.13. The van der Waals surface area contributed by atoms with Crippen molar-refractivity contribution in [1.82, 2.24) is 9.97 Å². The third kappa shape index (κ3) is 4.89. The van der Waals surface area contributed by atoms with E-state index in [-0.39, 0.29) is 0 Å². The molecule has 0 bridgehead atoms. The average Bonchev–Trinajstić information content (AvgIpc) is 2.52. The molecule has 0 fully saturated rings. The summed E-state index contributed by atoms with van der Waals surface area (Å²) < 4.78 is 5.02. The Morgan fingerprint density at radius 2 is 1.91 bits per heavy atom. The van der Waals surface area contributed by atoms with E-state index < -0.39 is 0 Å². The van der Waals surface area contributed by atoms with Crippen LogP contribution in [-0.4, -0.2) is 44.3 Å². The molecule has 0 atom stereocenters. The van der Waals surface area contributed by atoms with Crippen LogP contribution in [0.5, 0.6) is 0 Å². The molecule has 1 heterocycles. The first-order chi connectivity index (χ1) is 10.7. The van der Waals surface area contributed by atoms with Crippen molar-refractivity contribution in [2.75, 3.05) is 49.9 Å². The van der Waals surface area contributed by atoms with Crippen LogP contribution in [0.4, 0.5) is 23.1 Å². The molecule has 0 amide bonds. The Kier molecular flexibility index (Phi) is 5.97. The highest BCUT2D eigenvalue weighted by Crippen LogP contribution is 2.18. The van der Waals surface area contributed by atoms with E-state index >= 15 is 0 Å². The SMILES string of the molecule is COCCCNc1ccnc(Nc2ccc(N(C)C)cc2)n1. The number of aromatic nitrogens is 2. The van der Waals surface area contributed by atoms with E-state index in [9.17, 15) is 0 Å². The van der Waals surface area contributed by atoms with Crippen molar-refractivity contribution in [3.63, 3.8) is 0 Å². The maximum Gasteiger partial charge on any atom is 0.229 e. The fourth-order valence-electron chi connectivity index (χ4n) is 1.92. The second kappa shape index (κ2) is 8.19. The van der Waals surface area contributed by atoms with E-state index in [1.165, 1.54) is 0 Å². The monoisotopic (exact) mass is 301 g/mol. The van der Waals surface area contributed by atoms with Gasteiger partial charge in [0.25, 0.3) is 0 Å². The van der Waals surface area contributed by atoms with Crippen LogP contribution >= 0.6 is 0 Å². The molecule has 118 valence electrons. The molecule has 0 aliphatic rings. The molecular weight excluding hydrogens is 278 g/mol. The first-order valence-corrected chi connectivity index (χ1v) is 7.29. The van der Waals surface area contributed by atoms with Crippen molar-refractivity contribution in [1.29, 1.82) is 0 Å². The van der Waals surface area contributed by atoms with E-state index in [2.05, 4.69) is 37.6 Å². The van der Waals surface area contributed by atoms with Gasteiger partial charge in [0, 0.05) is 51.9 Å². The van der Waals surface area contributed by atoms with Crippen LogP contribution < -0.4 is 15.5 Å². The molecule has 0 aliphatic heterocycles. The van der Waals surface area contributed by atoms with Gasteiger partial charge in [-0.05, 0) is 36.8 Å². The number of hydrogen-bond donors (Lipinski definition) is 2. The van der Waals surface area contributed by atoms with Gasteiger partial charge in [0.15, 0.2) is 0 Å². The van der Waals surface area contributed by atoms with Crippen molar-refractivity contribution in [3.8, 4) is 0 Å². The molecule has 22 heavy (non-hydrogen) atoms. The van der Waals surface area contributed by atoms with Crippen molar-refractivity contribution in [2.45, 2.75) is 6.42 Å². The lowest BCUT2D eigenvalue weighted by Crippen LogP contribution is -2.08. The fourth-order valence-corrected chi connectivity index (χ4v) is 1.92. The van der Waals surface area contributed by atoms with Gasteiger partial charge in [0.2, 0.25) is 5.95 Å². The van der Waals surface area contributed by atoms with Gasteiger partial charge in [-0.15, -0.1) is 0 Å². The highest BCUT2D eigenvalue weighted by molar-refractivity contribution is 5.59. The third-order valence-corrected chi connectivity index (χ3v) is 3.13. The summed E-state index contributed by atoms with van der Waals surface area (Å²) in [6.45, 7) is 1.56. The van der Waals surface area contributed by atoms with Crippen LogP contribution in [0.15, 0.2) is 36.5 Å². The predicted molar refractivity (Wildman–Crippen MR) is 91.1 cm³/mol. The van der Waals surface area contributed by atoms with Crippen molar-refractivity contribution < 1.29 is 4.74 Å². The Hall–Kier alpha value is -2.34. The number of rotatable bonds is 8. The van der Waals surface area contributed by atoms with Crippen molar-refractivity contribution in [2.24, 2.45) is 0 Å². The maximum absolute atomic E-state index is 5.02. The summed E-state index contributed by atoms with van der Waals surface area (Å²) in [6, 6.07) is 9.98. The molecular formula is C16H23N5O. The molecule has 0 saturated heterocycles. The molecule has 2 rings (SSSR count). The summed E-state index contributed by atoms with van der Waals surface area (Å²) in [6.07, 6.45) is 2.68. The van der Waals surface area contributed by atoms with Crippen molar-refractivity contribution in [3.05, 3.63) is 36.5 Å². The van der Waals surface area contributed by atoms with E-state index in [1.54, 1.807) is 13.3 Å². The summed E-state index contributed by atoms with van der Waals surface area (Å²) in [7, 11) is 5.74. The van der Waals surface area contributed by atoms with E-state index in [1.807, 2.05) is 32.3 Å². The normalized spacial score (nSPS) is 10.3. The molecule has 6 heteroatoms. The zero-order chi connectivity index (χ0) is 15.8. The van der Waals surface area contributed by atoms with Gasteiger partial charge in [-0.1, -0.05) is 0 Å². The Bertz CT molecular complexity index is 571. The topological polar surface area (TPSA) is 62.3 Å². The second-order valence-electron chi connectivity index (χ2n) is 5.10. The molecule has 0 saturated carbocycles. The largest absolute Gasteiger partial charge is 0.385 e. The number of ether oxygens (including phenoxy) is 1. The first-order valence-electron chi connectivity index (χ1n) is 7.29. The van der Waals surface area contributed by atoms with E-state index in [0.29, 0.717) is 5.95 Å². The van der Waals surface area contributed by atoms with E-state index in [0.717, 1.165) is 36.8 Å². The molecule has 6 nitrogen and oxygen atoms in total. The standard InChI is InChI=1S/C16H23N5O/c1-21(2)14-7-5-13(6-8-14)19-16-18-11-9-15(20-16)17-10-4-12-22-3/h5-9,11H,4,10,12H2,1-3H3,(H2,17,18,19,20). The van der Waals surface area contributed by atoms with Gasteiger partial charge in [-0.2, -0.15) is 4.98 Å². The summed E-state index contributed by atoms with van der Waals surface area (Å²) in [5, 5.41) is 6.46. The van der Waals surface area contributed by atoms with Crippen LogP contribution in [0.3, 0.4) is 0 Å². The zero-order valence-corrected chi connectivity index (χ0v) is 13.3. The summed E-state index contributed by atoms with van der Waals surface area (Å²) in [4.78, 5) is 10.7. The quantitative estimate of drug-likeness (QED) is 0.731. The van der Waals surface area contributed by atoms with Gasteiger partial charge >= 0.3 is 0 Å². The minimum absolute atomic E-state index is 0.578. The Balaban J connectivity index is 1.94. The lowest BCUT2D eigenvalue weighted by atomic mass is 10.2. The number of anilines is 4. The van der Waals surface area contributed by atoms with Gasteiger partial charge in [0.05, 0.1) is 0 Å². The van der Waals surface area contributed by atoms with Crippen LogP contribution in [0.2, 0.25) is 0 Å². The summed E-state index contributed by atoms with van der Waals surface area (Å²) in [5.41, 5.74) is 2.11. The fraction of sp³-hybridized carbons (Fsp3) is 0.375. The first kappa shape index (κ1) is 16.0. The van der Waals surface area contributed by atoms with Crippen molar-refractivity contribution >= 4 is 23.1 Å². The number of nitrogens with zero attached hydrogens (tertiary/aromatic N) is 3. The van der Waals surface area contributed by atoms with Crippen LogP contribution in [0.1, 0.15) is 6.42 Å². The molecule has 0 radical (unpaired) electrons. The summed E-state index contributed by atoms with van der Waals surface area (Å²) >= 11 is 0. The molecule has 0 unspecified atom stereocenters. The average molecular weight is 301 g/mol. The highest BCUT2D eigenvalue weighted by Gasteiger charge is 2.01. The van der Waals surface area contributed by atoms with Crippen LogP contribution in [0.25, 0.3) is 0 Å². The van der Waals surface area contributed by atoms with Crippen LogP contribution in [-0.2, 0) is 4.74 Å². The Morgan fingerprint density at radius 1 is 1.14 bits per heavy atom. The number of nitrogens with one attached hydrogen (secondary N) is 2. The predicted octanol–water partition coefficient (Wildman–Crippen LogP) is 2.73. The van der Waals surface area contributed by atoms with Gasteiger partial charge in [-0.3, -0.25) is 0 Å². The third-order valence-electron chi connectivity index (χ3n) is 3.13. The van der Waals surface area contributed by atoms with E-state index in [4.69, 9.17) is 4.74 Å². The van der Waals surface area contributed by atoms with Gasteiger partial charge in [-0.25, -0.2) is 4.98 Å². The molecule has 0 spiro atoms. The minimum Gasteiger partial charge on any atom is -0.385 e. The second-order valence-corrected chi connectivity index (χ2v) is 5.10. The van der Waals surface area contributed by atoms with Crippen LogP contribution in [0, 0.1) is 0 Å². The molecule has 2 aromatic rings. The number of methoxy groups -OCH3 is 1. The number of benzene rings is 1.